The highest BCUT2D eigenvalue weighted by molar-refractivity contribution is 5.80. The number of piperidine rings is 1. The predicted octanol–water partition coefficient (Wildman–Crippen LogP) is 0.436. The fourth-order valence-corrected chi connectivity index (χ4v) is 2.92. The van der Waals surface area contributed by atoms with Gasteiger partial charge in [0.15, 0.2) is 5.96 Å². The van der Waals surface area contributed by atoms with Crippen LogP contribution in [0.1, 0.15) is 25.7 Å². The Balaban J connectivity index is 1.74. The Morgan fingerprint density at radius 3 is 3.09 bits per heavy atom. The van der Waals surface area contributed by atoms with Gasteiger partial charge in [-0.25, -0.2) is 4.98 Å². The van der Waals surface area contributed by atoms with Crippen molar-refractivity contribution in [3.05, 3.63) is 18.7 Å². The quantitative estimate of drug-likeness (QED) is 0.453. The predicted molar refractivity (Wildman–Crippen MR) is 86.3 cm³/mol. The van der Waals surface area contributed by atoms with Crippen LogP contribution in [-0.2, 0) is 11.3 Å². The molecule has 1 aromatic heterocycles. The van der Waals surface area contributed by atoms with Crippen LogP contribution in [0.5, 0.6) is 0 Å². The number of nitrogens with two attached hydrogens (primary N) is 1. The number of amides is 1. The van der Waals surface area contributed by atoms with Crippen LogP contribution in [-0.4, -0.2) is 53.0 Å². The maximum absolute atomic E-state index is 11.1. The number of nitrogens with one attached hydrogen (secondary N) is 1. The molecule has 0 radical (unpaired) electrons. The molecular weight excluding hydrogens is 280 g/mol. The summed E-state index contributed by atoms with van der Waals surface area (Å²) in [4.78, 5) is 21.7. The lowest BCUT2D eigenvalue weighted by molar-refractivity contribution is -0.119. The zero-order valence-corrected chi connectivity index (χ0v) is 13.2. The second kappa shape index (κ2) is 8.41. The number of hydrogen-bond acceptors (Lipinski definition) is 3. The molecule has 7 heteroatoms. The van der Waals surface area contributed by atoms with Crippen LogP contribution in [0.15, 0.2) is 23.7 Å². The van der Waals surface area contributed by atoms with E-state index in [0.717, 1.165) is 51.4 Å². The Hall–Kier alpha value is -2.05. The molecule has 0 aliphatic carbocycles. The summed E-state index contributed by atoms with van der Waals surface area (Å²) < 4.78 is 2.06. The smallest absolute Gasteiger partial charge is 0.217 e. The van der Waals surface area contributed by atoms with Crippen molar-refractivity contribution in [2.75, 3.05) is 26.7 Å². The topological polar surface area (TPSA) is 88.5 Å². The number of aromatic nitrogens is 2. The van der Waals surface area contributed by atoms with Crippen molar-refractivity contribution >= 4 is 11.9 Å². The summed E-state index contributed by atoms with van der Waals surface area (Å²) in [7, 11) is 1.80. The van der Waals surface area contributed by atoms with E-state index in [0.29, 0.717) is 12.3 Å². The van der Waals surface area contributed by atoms with Crippen molar-refractivity contribution in [2.24, 2.45) is 16.6 Å². The number of carbonyl (C=O) groups is 1. The second-order valence-corrected chi connectivity index (χ2v) is 5.75. The lowest BCUT2D eigenvalue weighted by Crippen LogP contribution is -2.47. The van der Waals surface area contributed by atoms with Crippen molar-refractivity contribution in [3.8, 4) is 0 Å². The molecule has 1 aromatic rings. The van der Waals surface area contributed by atoms with E-state index >= 15 is 0 Å². The Bertz CT molecular complexity index is 484. The average Bonchev–Trinajstić information content (AvgIpc) is 3.00. The molecule has 0 saturated carbocycles. The van der Waals surface area contributed by atoms with Gasteiger partial charge in [0.2, 0.25) is 5.91 Å². The Labute approximate surface area is 131 Å². The van der Waals surface area contributed by atoms with Gasteiger partial charge in [0.25, 0.3) is 0 Å². The van der Waals surface area contributed by atoms with Gasteiger partial charge in [-0.15, -0.1) is 0 Å². The number of rotatable bonds is 6. The van der Waals surface area contributed by atoms with E-state index in [-0.39, 0.29) is 5.91 Å². The summed E-state index contributed by atoms with van der Waals surface area (Å²) in [6, 6.07) is 0. The highest BCUT2D eigenvalue weighted by Crippen LogP contribution is 2.19. The summed E-state index contributed by atoms with van der Waals surface area (Å²) >= 11 is 0. The molecule has 1 amide bonds. The van der Waals surface area contributed by atoms with Crippen molar-refractivity contribution < 1.29 is 4.79 Å². The largest absolute Gasteiger partial charge is 0.370 e. The highest BCUT2D eigenvalue weighted by Gasteiger charge is 2.23. The van der Waals surface area contributed by atoms with Crippen LogP contribution in [0.25, 0.3) is 0 Å². The van der Waals surface area contributed by atoms with Crippen molar-refractivity contribution in [1.82, 2.24) is 19.8 Å². The first-order valence-corrected chi connectivity index (χ1v) is 7.88. The van der Waals surface area contributed by atoms with Crippen LogP contribution >= 0.6 is 0 Å². The maximum atomic E-state index is 11.1. The van der Waals surface area contributed by atoms with Crippen LogP contribution in [0, 0.1) is 5.92 Å². The summed E-state index contributed by atoms with van der Waals surface area (Å²) in [6.07, 6.45) is 9.20. The van der Waals surface area contributed by atoms with E-state index in [9.17, 15) is 4.79 Å². The van der Waals surface area contributed by atoms with Gasteiger partial charge in [0.1, 0.15) is 0 Å². The number of hydrogen-bond donors (Lipinski definition) is 2. The molecule has 0 spiro atoms. The third-order valence-electron chi connectivity index (χ3n) is 3.96. The normalized spacial score (nSPS) is 19.2. The molecule has 1 aliphatic rings. The molecule has 122 valence electrons. The highest BCUT2D eigenvalue weighted by atomic mass is 16.1. The van der Waals surface area contributed by atoms with Crippen molar-refractivity contribution in [1.29, 1.82) is 0 Å². The molecule has 1 saturated heterocycles. The zero-order chi connectivity index (χ0) is 15.8. The monoisotopic (exact) mass is 306 g/mol. The molecule has 0 bridgehead atoms. The lowest BCUT2D eigenvalue weighted by Gasteiger charge is -2.34. The number of carbonyl (C=O) groups excluding carboxylic acids is 1. The molecule has 7 nitrogen and oxygen atoms in total. The van der Waals surface area contributed by atoms with E-state index in [1.165, 1.54) is 0 Å². The third kappa shape index (κ3) is 5.05. The van der Waals surface area contributed by atoms with Crippen LogP contribution in [0.3, 0.4) is 0 Å². The maximum Gasteiger partial charge on any atom is 0.217 e. The number of primary amides is 1. The zero-order valence-electron chi connectivity index (χ0n) is 13.2. The molecular formula is C15H26N6O. The molecule has 22 heavy (non-hydrogen) atoms. The minimum Gasteiger partial charge on any atom is -0.370 e. The fraction of sp³-hybridized carbons (Fsp3) is 0.667. The Morgan fingerprint density at radius 1 is 1.55 bits per heavy atom. The third-order valence-corrected chi connectivity index (χ3v) is 3.96. The van der Waals surface area contributed by atoms with E-state index < -0.39 is 0 Å². The fourth-order valence-electron chi connectivity index (χ4n) is 2.92. The molecule has 1 atom stereocenters. The van der Waals surface area contributed by atoms with E-state index in [1.54, 1.807) is 13.2 Å². The molecule has 2 heterocycles. The van der Waals surface area contributed by atoms with Gasteiger partial charge < -0.3 is 20.5 Å². The summed E-state index contributed by atoms with van der Waals surface area (Å²) in [5, 5.41) is 3.40. The van der Waals surface area contributed by atoms with Crippen molar-refractivity contribution in [2.45, 2.75) is 32.2 Å². The number of aryl methyl sites for hydroxylation is 1. The summed E-state index contributed by atoms with van der Waals surface area (Å²) in [5.41, 5.74) is 5.31. The first kappa shape index (κ1) is 16.3. The molecule has 3 N–H and O–H groups in total. The van der Waals surface area contributed by atoms with Gasteiger partial charge in [-0.05, 0) is 25.2 Å². The molecule has 1 aliphatic heterocycles. The van der Waals surface area contributed by atoms with Crippen LogP contribution in [0.2, 0.25) is 0 Å². The van der Waals surface area contributed by atoms with Gasteiger partial charge in [0.05, 0.1) is 6.33 Å². The Kier molecular flexibility index (Phi) is 6.24. The number of nitrogens with zero attached hydrogens (tertiary/aromatic N) is 4. The van der Waals surface area contributed by atoms with Gasteiger partial charge in [-0.3, -0.25) is 9.79 Å². The lowest BCUT2D eigenvalue weighted by atomic mass is 9.95. The molecule has 2 rings (SSSR count). The first-order chi connectivity index (χ1) is 10.7. The van der Waals surface area contributed by atoms with Gasteiger partial charge in [0, 0.05) is 52.0 Å². The molecule has 0 aromatic carbocycles. The van der Waals surface area contributed by atoms with Gasteiger partial charge in [-0.2, -0.15) is 0 Å². The van der Waals surface area contributed by atoms with Crippen molar-refractivity contribution in [3.63, 3.8) is 0 Å². The number of imidazole rings is 1. The average molecular weight is 306 g/mol. The number of aliphatic imine (C=N–C) groups is 1. The minimum absolute atomic E-state index is 0.213. The first-order valence-electron chi connectivity index (χ1n) is 7.88. The molecule has 1 fully saturated rings. The summed E-state index contributed by atoms with van der Waals surface area (Å²) in [6.45, 7) is 3.64. The van der Waals surface area contributed by atoms with Crippen LogP contribution in [0.4, 0.5) is 0 Å². The SMILES string of the molecule is CN=C(NCCCn1ccnc1)N1CCCC(CC(N)=O)C1. The van der Waals surface area contributed by atoms with Crippen LogP contribution < -0.4 is 11.1 Å². The van der Waals surface area contributed by atoms with E-state index in [4.69, 9.17) is 5.73 Å². The van der Waals surface area contributed by atoms with E-state index in [1.807, 2.05) is 12.5 Å². The summed E-state index contributed by atoms with van der Waals surface area (Å²) in [5.74, 6) is 1.05. The number of guanidine groups is 1. The molecule has 1 unspecified atom stereocenters. The van der Waals surface area contributed by atoms with Gasteiger partial charge in [-0.1, -0.05) is 0 Å². The van der Waals surface area contributed by atoms with E-state index in [2.05, 4.69) is 24.8 Å². The second-order valence-electron chi connectivity index (χ2n) is 5.75. The van der Waals surface area contributed by atoms with Gasteiger partial charge >= 0.3 is 0 Å². The Morgan fingerprint density at radius 2 is 2.41 bits per heavy atom. The minimum atomic E-state index is -0.213. The standard InChI is InChI=1S/C15H26N6O/c1-17-15(19-5-3-7-20-9-6-18-12-20)21-8-2-4-13(11-21)10-14(16)22/h6,9,12-13H,2-5,7-8,10-11H2,1H3,(H2,16,22)(H,17,19). The number of likely N-dealkylation sites (tertiary alicyclic amines) is 1.